The average molecular weight is 306 g/mol. The first-order valence-corrected chi connectivity index (χ1v) is 7.63. The van der Waals surface area contributed by atoms with Crippen LogP contribution in [-0.4, -0.2) is 24.0 Å². The van der Waals surface area contributed by atoms with E-state index in [1.54, 1.807) is 18.2 Å². The van der Waals surface area contributed by atoms with Crippen LogP contribution in [-0.2, 0) is 11.2 Å². The molecule has 0 aliphatic heterocycles. The molecule has 0 atom stereocenters. The number of unbranched alkanes of at least 4 members (excludes halogenated alkanes) is 1. The van der Waals surface area contributed by atoms with Crippen LogP contribution in [0.3, 0.4) is 0 Å². The van der Waals surface area contributed by atoms with Crippen LogP contribution in [0.25, 0.3) is 0 Å². The Kier molecular flexibility index (Phi) is 6.56. The lowest BCUT2D eigenvalue weighted by atomic mass is 9.94. The van der Waals surface area contributed by atoms with Crippen molar-refractivity contribution in [2.45, 2.75) is 52.0 Å². The van der Waals surface area contributed by atoms with Gasteiger partial charge in [0.15, 0.2) is 0 Å². The minimum atomic E-state index is -0.631. The van der Waals surface area contributed by atoms with Gasteiger partial charge in [-0.05, 0) is 50.8 Å². The number of carbonyl (C=O) groups is 2. The molecule has 5 heteroatoms. The van der Waals surface area contributed by atoms with E-state index in [1.165, 1.54) is 0 Å². The third-order valence-corrected chi connectivity index (χ3v) is 3.36. The molecular weight excluding hydrogens is 280 g/mol. The molecule has 0 bridgehead atoms. The number of esters is 1. The summed E-state index contributed by atoms with van der Waals surface area (Å²) >= 11 is 0. The second-order valence-electron chi connectivity index (χ2n) is 6.22. The number of carbonyl (C=O) groups excluding carboxylic acids is 2. The molecule has 0 saturated carbocycles. The van der Waals surface area contributed by atoms with E-state index in [0.717, 1.165) is 31.2 Å². The third kappa shape index (κ3) is 5.85. The molecule has 0 aliphatic rings. The molecule has 0 aliphatic carbocycles. The highest BCUT2D eigenvalue weighted by Crippen LogP contribution is 2.17. The number of hydrogen-bond acceptors (Lipinski definition) is 4. The Bertz CT molecular complexity index is 533. The molecule has 0 radical (unpaired) electrons. The summed E-state index contributed by atoms with van der Waals surface area (Å²) in [4.78, 5) is 23.6. The molecule has 1 aromatic rings. The maximum atomic E-state index is 12.1. The summed E-state index contributed by atoms with van der Waals surface area (Å²) in [6, 6.07) is 5.06. The summed E-state index contributed by atoms with van der Waals surface area (Å²) in [7, 11) is 0. The van der Waals surface area contributed by atoms with Gasteiger partial charge in [0.05, 0.1) is 17.7 Å². The second-order valence-corrected chi connectivity index (χ2v) is 6.22. The monoisotopic (exact) mass is 306 g/mol. The summed E-state index contributed by atoms with van der Waals surface area (Å²) in [5, 5.41) is 0. The maximum Gasteiger partial charge on any atom is 0.338 e. The van der Waals surface area contributed by atoms with Crippen LogP contribution >= 0.6 is 0 Å². The molecule has 0 heterocycles. The molecule has 0 fully saturated rings. The summed E-state index contributed by atoms with van der Waals surface area (Å²) in [6.45, 7) is 6.25. The van der Waals surface area contributed by atoms with E-state index in [1.807, 2.05) is 20.8 Å². The predicted octanol–water partition coefficient (Wildman–Crippen LogP) is 2.41. The van der Waals surface area contributed by atoms with Crippen LogP contribution < -0.4 is 11.5 Å². The van der Waals surface area contributed by atoms with Crippen molar-refractivity contribution in [3.8, 4) is 0 Å². The lowest BCUT2D eigenvalue weighted by molar-refractivity contribution is 0.0496. The molecule has 1 amide bonds. The van der Waals surface area contributed by atoms with Gasteiger partial charge in [-0.3, -0.25) is 4.79 Å². The highest BCUT2D eigenvalue weighted by Gasteiger charge is 2.18. The number of primary amides is 1. The number of rotatable bonds is 8. The van der Waals surface area contributed by atoms with E-state index >= 15 is 0 Å². The lowest BCUT2D eigenvalue weighted by Crippen LogP contribution is -2.32. The minimum Gasteiger partial charge on any atom is -0.462 e. The van der Waals surface area contributed by atoms with Crippen LogP contribution in [0.1, 0.15) is 66.3 Å². The summed E-state index contributed by atoms with van der Waals surface area (Å²) in [5.41, 5.74) is 12.4. The first-order valence-electron chi connectivity index (χ1n) is 7.63. The fraction of sp³-hybridized carbons (Fsp3) is 0.529. The van der Waals surface area contributed by atoms with Gasteiger partial charge >= 0.3 is 5.97 Å². The van der Waals surface area contributed by atoms with Crippen LogP contribution in [0.15, 0.2) is 18.2 Å². The number of amides is 1. The van der Waals surface area contributed by atoms with Crippen molar-refractivity contribution in [1.82, 2.24) is 0 Å². The van der Waals surface area contributed by atoms with Crippen molar-refractivity contribution in [2.75, 3.05) is 6.61 Å². The van der Waals surface area contributed by atoms with E-state index in [4.69, 9.17) is 16.2 Å². The van der Waals surface area contributed by atoms with Crippen LogP contribution in [0.5, 0.6) is 0 Å². The first kappa shape index (κ1) is 18.2. The standard InChI is InChI=1S/C17H26N2O3/c1-4-5-10-22-16(21)14-11-12(8-9-17(2,3)19)6-7-13(14)15(18)20/h6-7,11H,4-5,8-10,19H2,1-3H3,(H2,18,20). The quantitative estimate of drug-likeness (QED) is 0.569. The molecule has 0 saturated heterocycles. The van der Waals surface area contributed by atoms with Crippen molar-refractivity contribution < 1.29 is 14.3 Å². The molecule has 122 valence electrons. The summed E-state index contributed by atoms with van der Waals surface area (Å²) in [6.07, 6.45) is 3.21. The number of benzene rings is 1. The SMILES string of the molecule is CCCCOC(=O)c1cc(CCC(C)(C)N)ccc1C(N)=O. The number of ether oxygens (including phenoxy) is 1. The fourth-order valence-corrected chi connectivity index (χ4v) is 1.98. The zero-order valence-electron chi connectivity index (χ0n) is 13.6. The predicted molar refractivity (Wildman–Crippen MR) is 86.7 cm³/mol. The minimum absolute atomic E-state index is 0.192. The molecule has 0 spiro atoms. The van der Waals surface area contributed by atoms with Gasteiger partial charge in [-0.15, -0.1) is 0 Å². The van der Waals surface area contributed by atoms with Gasteiger partial charge in [0.25, 0.3) is 0 Å². The van der Waals surface area contributed by atoms with Gasteiger partial charge in [-0.2, -0.15) is 0 Å². The first-order chi connectivity index (χ1) is 10.2. The van der Waals surface area contributed by atoms with Crippen molar-refractivity contribution in [2.24, 2.45) is 11.5 Å². The summed E-state index contributed by atoms with van der Waals surface area (Å²) in [5.74, 6) is -1.13. The average Bonchev–Trinajstić information content (AvgIpc) is 2.44. The van der Waals surface area contributed by atoms with Gasteiger partial charge in [0.2, 0.25) is 5.91 Å². The van der Waals surface area contributed by atoms with Crippen molar-refractivity contribution in [3.05, 3.63) is 34.9 Å². The van der Waals surface area contributed by atoms with E-state index in [-0.39, 0.29) is 16.7 Å². The number of hydrogen-bond donors (Lipinski definition) is 2. The fourth-order valence-electron chi connectivity index (χ4n) is 1.98. The molecule has 5 nitrogen and oxygen atoms in total. The molecule has 0 unspecified atom stereocenters. The van der Waals surface area contributed by atoms with Gasteiger partial charge in [0, 0.05) is 5.54 Å². The van der Waals surface area contributed by atoms with Crippen molar-refractivity contribution >= 4 is 11.9 Å². The highest BCUT2D eigenvalue weighted by atomic mass is 16.5. The van der Waals surface area contributed by atoms with Crippen molar-refractivity contribution in [1.29, 1.82) is 0 Å². The van der Waals surface area contributed by atoms with E-state index < -0.39 is 11.9 Å². The zero-order valence-corrected chi connectivity index (χ0v) is 13.6. The molecule has 1 aromatic carbocycles. The second kappa shape index (κ2) is 7.94. The number of nitrogens with two attached hydrogens (primary N) is 2. The Labute approximate surface area is 132 Å². The smallest absolute Gasteiger partial charge is 0.338 e. The van der Waals surface area contributed by atoms with Crippen molar-refractivity contribution in [3.63, 3.8) is 0 Å². The maximum absolute atomic E-state index is 12.1. The molecule has 4 N–H and O–H groups in total. The molecule has 0 aromatic heterocycles. The summed E-state index contributed by atoms with van der Waals surface area (Å²) < 4.78 is 5.19. The zero-order chi connectivity index (χ0) is 16.8. The van der Waals surface area contributed by atoms with Gasteiger partial charge in [0.1, 0.15) is 0 Å². The largest absolute Gasteiger partial charge is 0.462 e. The molecule has 1 rings (SSSR count). The van der Waals surface area contributed by atoms with Gasteiger partial charge in [-0.25, -0.2) is 4.79 Å². The van der Waals surface area contributed by atoms with Gasteiger partial charge in [-0.1, -0.05) is 19.4 Å². The van der Waals surface area contributed by atoms with Crippen LogP contribution in [0.4, 0.5) is 0 Å². The Hall–Kier alpha value is -1.88. The Morgan fingerprint density at radius 3 is 2.45 bits per heavy atom. The number of aryl methyl sites for hydroxylation is 1. The van der Waals surface area contributed by atoms with Crippen LogP contribution in [0.2, 0.25) is 0 Å². The van der Waals surface area contributed by atoms with E-state index in [2.05, 4.69) is 0 Å². The lowest BCUT2D eigenvalue weighted by Gasteiger charge is -2.18. The highest BCUT2D eigenvalue weighted by molar-refractivity contribution is 6.04. The molecular formula is C17H26N2O3. The van der Waals surface area contributed by atoms with Crippen LogP contribution in [0, 0.1) is 0 Å². The van der Waals surface area contributed by atoms with E-state index in [9.17, 15) is 9.59 Å². The van der Waals surface area contributed by atoms with E-state index in [0.29, 0.717) is 6.61 Å². The third-order valence-electron chi connectivity index (χ3n) is 3.36. The Balaban J connectivity index is 2.95. The normalized spacial score (nSPS) is 11.3. The van der Waals surface area contributed by atoms with Gasteiger partial charge < -0.3 is 16.2 Å². The Morgan fingerprint density at radius 1 is 1.23 bits per heavy atom. The Morgan fingerprint density at radius 2 is 1.91 bits per heavy atom. The topological polar surface area (TPSA) is 95.4 Å². The molecule has 22 heavy (non-hydrogen) atoms.